The van der Waals surface area contributed by atoms with E-state index in [1.165, 1.54) is 11.1 Å². The Hall–Kier alpha value is -2.08. The number of amides is 1. The zero-order valence-electron chi connectivity index (χ0n) is 20.9. The summed E-state index contributed by atoms with van der Waals surface area (Å²) < 4.78 is 6.34. The lowest BCUT2D eigenvalue weighted by Crippen LogP contribution is -2.43. The summed E-state index contributed by atoms with van der Waals surface area (Å²) in [6.45, 7) is 4.15. The van der Waals surface area contributed by atoms with Gasteiger partial charge < -0.3 is 14.5 Å². The van der Waals surface area contributed by atoms with Crippen LogP contribution in [0.25, 0.3) is 0 Å². The van der Waals surface area contributed by atoms with Crippen LogP contribution in [0.5, 0.6) is 0 Å². The molecule has 194 valence electrons. The Morgan fingerprint density at radius 1 is 0.973 bits per heavy atom. The molecular formula is C30H31Cl3N2O2. The molecule has 1 amide bonds. The molecule has 2 aliphatic heterocycles. The molecule has 3 aromatic rings. The van der Waals surface area contributed by atoms with Gasteiger partial charge in [-0.3, -0.25) is 4.79 Å². The fourth-order valence-corrected chi connectivity index (χ4v) is 6.18. The minimum absolute atomic E-state index is 0.0902. The number of nitrogens with zero attached hydrogens (tertiary/aromatic N) is 2. The van der Waals surface area contributed by atoms with Gasteiger partial charge in [-0.25, -0.2) is 0 Å². The third-order valence-corrected chi connectivity index (χ3v) is 8.90. The first-order valence-electron chi connectivity index (χ1n) is 12.8. The first-order valence-corrected chi connectivity index (χ1v) is 13.9. The number of fused-ring (bicyclic) bond motifs is 2. The molecule has 0 bridgehead atoms. The highest BCUT2D eigenvalue weighted by atomic mass is 35.5. The molecule has 0 aromatic heterocycles. The van der Waals surface area contributed by atoms with Crippen molar-refractivity contribution < 1.29 is 9.53 Å². The van der Waals surface area contributed by atoms with Gasteiger partial charge in [0.05, 0.1) is 32.8 Å². The van der Waals surface area contributed by atoms with Crippen molar-refractivity contribution in [3.05, 3.63) is 104 Å². The molecule has 3 aromatic carbocycles. The Bertz CT molecular complexity index is 1270. The zero-order valence-corrected chi connectivity index (χ0v) is 23.2. The Labute approximate surface area is 234 Å². The van der Waals surface area contributed by atoms with Gasteiger partial charge in [0, 0.05) is 32.6 Å². The Kier molecular flexibility index (Phi) is 8.13. The number of hydrogen-bond acceptors (Lipinski definition) is 3. The van der Waals surface area contributed by atoms with Crippen molar-refractivity contribution in [3.8, 4) is 0 Å². The summed E-state index contributed by atoms with van der Waals surface area (Å²) in [4.78, 5) is 17.4. The van der Waals surface area contributed by atoms with Crippen molar-refractivity contribution in [2.24, 2.45) is 0 Å². The number of carbonyl (C=O) groups is 1. The molecule has 0 radical (unpaired) electrons. The van der Waals surface area contributed by atoms with Crippen molar-refractivity contribution in [2.75, 3.05) is 33.2 Å². The zero-order chi connectivity index (χ0) is 26.0. The summed E-state index contributed by atoms with van der Waals surface area (Å²) in [6.07, 6.45) is 2.88. The van der Waals surface area contributed by atoms with Gasteiger partial charge in [0.25, 0.3) is 5.91 Å². The second kappa shape index (κ2) is 11.3. The van der Waals surface area contributed by atoms with Crippen LogP contribution in [0.1, 0.15) is 52.2 Å². The van der Waals surface area contributed by atoms with Crippen molar-refractivity contribution in [1.82, 2.24) is 9.80 Å². The molecule has 1 fully saturated rings. The van der Waals surface area contributed by atoms with Gasteiger partial charge in [-0.15, -0.1) is 0 Å². The molecule has 0 aliphatic carbocycles. The fourth-order valence-electron chi connectivity index (χ4n) is 5.66. The van der Waals surface area contributed by atoms with E-state index < -0.39 is 0 Å². The summed E-state index contributed by atoms with van der Waals surface area (Å²) in [5, 5.41) is 1.52. The molecule has 1 saturated heterocycles. The van der Waals surface area contributed by atoms with Gasteiger partial charge >= 0.3 is 0 Å². The van der Waals surface area contributed by atoms with E-state index in [2.05, 4.69) is 29.2 Å². The first kappa shape index (κ1) is 26.5. The maximum Gasteiger partial charge on any atom is 0.255 e. The standard InChI is InChI=1S/C30H31Cl3N2O2/c1-34(29(36)24-7-3-5-9-26(24)31)19-22(21-10-11-27(32)28(33)18-21)12-15-35-16-13-30(14-17-35)25-8-4-2-6-23(25)20-37-30/h2-11,18,22H,12-17,19-20H2,1H3. The molecule has 1 atom stereocenters. The second-order valence-corrected chi connectivity index (χ2v) is 11.3. The molecule has 1 unspecified atom stereocenters. The van der Waals surface area contributed by atoms with E-state index in [4.69, 9.17) is 39.5 Å². The van der Waals surface area contributed by atoms with E-state index in [1.807, 2.05) is 37.4 Å². The average molecular weight is 558 g/mol. The quantitative estimate of drug-likeness (QED) is 0.303. The number of hydrogen-bond donors (Lipinski definition) is 0. The lowest BCUT2D eigenvalue weighted by Gasteiger charge is -2.40. The van der Waals surface area contributed by atoms with Crippen LogP contribution >= 0.6 is 34.8 Å². The molecule has 0 N–H and O–H groups in total. The van der Waals surface area contributed by atoms with Crippen LogP contribution in [0, 0.1) is 0 Å². The minimum Gasteiger partial charge on any atom is -0.365 e. The second-order valence-electron chi connectivity index (χ2n) is 10.1. The van der Waals surface area contributed by atoms with E-state index in [1.54, 1.807) is 17.0 Å². The van der Waals surface area contributed by atoms with Crippen LogP contribution in [0.15, 0.2) is 66.7 Å². The van der Waals surface area contributed by atoms with Crippen LogP contribution in [0.3, 0.4) is 0 Å². The number of benzene rings is 3. The molecule has 1 spiro atoms. The van der Waals surface area contributed by atoms with Gasteiger partial charge in [0.15, 0.2) is 0 Å². The number of rotatable bonds is 7. The van der Waals surface area contributed by atoms with Crippen LogP contribution in [0.4, 0.5) is 0 Å². The minimum atomic E-state index is -0.141. The molecule has 7 heteroatoms. The Morgan fingerprint density at radius 3 is 2.46 bits per heavy atom. The van der Waals surface area contributed by atoms with Crippen LogP contribution in [0.2, 0.25) is 15.1 Å². The van der Waals surface area contributed by atoms with Gasteiger partial charge in [-0.2, -0.15) is 0 Å². The highest BCUT2D eigenvalue weighted by Gasteiger charge is 2.42. The predicted molar refractivity (Wildman–Crippen MR) is 151 cm³/mol. The molecule has 37 heavy (non-hydrogen) atoms. The summed E-state index contributed by atoms with van der Waals surface area (Å²) in [7, 11) is 1.83. The monoisotopic (exact) mass is 556 g/mol. The largest absolute Gasteiger partial charge is 0.365 e. The van der Waals surface area contributed by atoms with Crippen molar-refractivity contribution in [1.29, 1.82) is 0 Å². The number of halogens is 3. The first-order chi connectivity index (χ1) is 17.9. The van der Waals surface area contributed by atoms with E-state index in [0.717, 1.165) is 44.5 Å². The number of likely N-dealkylation sites (N-methyl/N-ethyl adjacent to an activating group) is 1. The summed E-state index contributed by atoms with van der Waals surface area (Å²) >= 11 is 18.9. The number of carbonyl (C=O) groups excluding carboxylic acids is 1. The summed E-state index contributed by atoms with van der Waals surface area (Å²) in [5.41, 5.74) is 4.13. The Morgan fingerprint density at radius 2 is 1.70 bits per heavy atom. The molecule has 0 saturated carbocycles. The van der Waals surface area contributed by atoms with Gasteiger partial charge in [-0.05, 0) is 66.8 Å². The van der Waals surface area contributed by atoms with E-state index in [-0.39, 0.29) is 17.4 Å². The fraction of sp³-hybridized carbons (Fsp3) is 0.367. The maximum absolute atomic E-state index is 13.2. The normalized spacial score (nSPS) is 17.5. The van der Waals surface area contributed by atoms with Gasteiger partial charge in [-0.1, -0.05) is 77.3 Å². The maximum atomic E-state index is 13.2. The van der Waals surface area contributed by atoms with Crippen LogP contribution in [-0.4, -0.2) is 48.9 Å². The third kappa shape index (κ3) is 5.69. The van der Waals surface area contributed by atoms with Gasteiger partial charge in [0.2, 0.25) is 0 Å². The molecule has 2 aliphatic rings. The van der Waals surface area contributed by atoms with Crippen molar-refractivity contribution in [2.45, 2.75) is 37.4 Å². The van der Waals surface area contributed by atoms with Crippen LogP contribution in [-0.2, 0) is 16.9 Å². The average Bonchev–Trinajstić information content (AvgIpc) is 3.27. The van der Waals surface area contributed by atoms with Crippen LogP contribution < -0.4 is 0 Å². The predicted octanol–water partition coefficient (Wildman–Crippen LogP) is 7.41. The number of piperidine rings is 1. The molecule has 5 rings (SSSR count). The Balaban J connectivity index is 1.26. The number of ether oxygens (including phenoxy) is 1. The molecule has 2 heterocycles. The lowest BCUT2D eigenvalue weighted by molar-refractivity contribution is -0.0790. The smallest absolute Gasteiger partial charge is 0.255 e. The van der Waals surface area contributed by atoms with Crippen molar-refractivity contribution in [3.63, 3.8) is 0 Å². The molecular weight excluding hydrogens is 527 g/mol. The van der Waals surface area contributed by atoms with E-state index in [0.29, 0.717) is 33.8 Å². The van der Waals surface area contributed by atoms with E-state index >= 15 is 0 Å². The summed E-state index contributed by atoms with van der Waals surface area (Å²) in [6, 6.07) is 21.6. The SMILES string of the molecule is CN(CC(CCN1CCC2(CC1)OCc1ccccc12)c1ccc(Cl)c(Cl)c1)C(=O)c1ccccc1Cl. The molecule has 4 nitrogen and oxygen atoms in total. The highest BCUT2D eigenvalue weighted by molar-refractivity contribution is 6.42. The highest BCUT2D eigenvalue weighted by Crippen LogP contribution is 2.44. The lowest BCUT2D eigenvalue weighted by atomic mass is 9.83. The number of likely N-dealkylation sites (tertiary alicyclic amines) is 1. The van der Waals surface area contributed by atoms with Crippen molar-refractivity contribution >= 4 is 40.7 Å². The van der Waals surface area contributed by atoms with Gasteiger partial charge in [0.1, 0.15) is 0 Å². The topological polar surface area (TPSA) is 32.8 Å². The third-order valence-electron chi connectivity index (χ3n) is 7.83. The van der Waals surface area contributed by atoms with E-state index in [9.17, 15) is 4.79 Å². The summed E-state index contributed by atoms with van der Waals surface area (Å²) in [5.74, 6) is 0.0122.